The molecule has 0 unspecified atom stereocenters. The second-order valence-corrected chi connectivity index (χ2v) is 5.94. The lowest BCUT2D eigenvalue weighted by molar-refractivity contribution is 0.0606. The van der Waals surface area contributed by atoms with E-state index in [2.05, 4.69) is 20.1 Å². The number of methoxy groups -OCH3 is 1. The number of ether oxygens (including phenoxy) is 1. The van der Waals surface area contributed by atoms with Crippen molar-refractivity contribution >= 4 is 28.9 Å². The molecule has 0 spiro atoms. The number of carbonyl (C=O) groups is 2. The molecule has 2 aromatic heterocycles. The van der Waals surface area contributed by atoms with Crippen LogP contribution in [0.1, 0.15) is 24.9 Å². The Hall–Kier alpha value is -3.00. The fraction of sp³-hybridized carbons (Fsp3) is 0.125. The summed E-state index contributed by atoms with van der Waals surface area (Å²) in [6, 6.07) is 10.6. The van der Waals surface area contributed by atoms with E-state index in [1.165, 1.54) is 13.4 Å². The third kappa shape index (κ3) is 3.49. The number of hydrogen-bond acceptors (Lipinski definition) is 6. The summed E-state index contributed by atoms with van der Waals surface area (Å²) >= 11 is 1.09. The van der Waals surface area contributed by atoms with Crippen LogP contribution in [0.4, 0.5) is 5.69 Å². The molecular weight excluding hydrogens is 328 g/mol. The average molecular weight is 342 g/mol. The summed E-state index contributed by atoms with van der Waals surface area (Å²) in [5.74, 6) is -0.730. The van der Waals surface area contributed by atoms with Gasteiger partial charge in [0.25, 0.3) is 5.91 Å². The number of aromatic nitrogens is 3. The number of nitrogens with one attached hydrogen (secondary N) is 1. The van der Waals surface area contributed by atoms with E-state index in [-0.39, 0.29) is 5.91 Å². The summed E-state index contributed by atoms with van der Waals surface area (Å²) in [7, 11) is 1.31. The van der Waals surface area contributed by atoms with Crippen molar-refractivity contribution in [3.8, 4) is 0 Å². The normalized spacial score (nSPS) is 10.4. The maximum atomic E-state index is 12.4. The molecule has 0 bridgehead atoms. The molecule has 7 nitrogen and oxygen atoms in total. The number of hydrogen-bond donors (Lipinski definition) is 1. The lowest BCUT2D eigenvalue weighted by Gasteiger charge is -2.10. The zero-order valence-electron chi connectivity index (χ0n) is 12.8. The number of benzene rings is 1. The summed E-state index contributed by atoms with van der Waals surface area (Å²) in [4.78, 5) is 28.6. The van der Waals surface area contributed by atoms with Crippen LogP contribution < -0.4 is 5.32 Å². The Bertz CT molecular complexity index is 858. The summed E-state index contributed by atoms with van der Waals surface area (Å²) in [6.45, 7) is 0.494. The highest BCUT2D eigenvalue weighted by Gasteiger charge is 2.15. The van der Waals surface area contributed by atoms with Gasteiger partial charge < -0.3 is 10.1 Å². The van der Waals surface area contributed by atoms with Crippen LogP contribution in [0.25, 0.3) is 0 Å². The highest BCUT2D eigenvalue weighted by Crippen LogP contribution is 2.21. The maximum Gasteiger partial charge on any atom is 0.348 e. The van der Waals surface area contributed by atoms with Crippen LogP contribution in [-0.4, -0.2) is 33.8 Å². The maximum absolute atomic E-state index is 12.4. The van der Waals surface area contributed by atoms with E-state index in [4.69, 9.17) is 0 Å². The molecule has 0 atom stereocenters. The Morgan fingerprint density at radius 3 is 2.75 bits per heavy atom. The average Bonchev–Trinajstić information content (AvgIpc) is 3.27. The van der Waals surface area contributed by atoms with Crippen molar-refractivity contribution in [2.24, 2.45) is 0 Å². The molecule has 2 heterocycles. The number of thiophene rings is 1. The number of nitrogens with zero attached hydrogens (tertiary/aromatic N) is 3. The summed E-state index contributed by atoms with van der Waals surface area (Å²) in [6.07, 6.45) is 3.07. The van der Waals surface area contributed by atoms with Crippen molar-refractivity contribution in [2.75, 3.05) is 12.4 Å². The molecule has 0 aliphatic heterocycles. The highest BCUT2D eigenvalue weighted by atomic mass is 32.1. The van der Waals surface area contributed by atoms with Crippen LogP contribution in [0.3, 0.4) is 0 Å². The fourth-order valence-electron chi connectivity index (χ4n) is 2.12. The standard InChI is InChI=1S/C16H14N4O3S/c1-23-16(22)14-7-6-13(24-14)15(21)19-12-5-3-2-4-11(12)8-20-10-17-9-18-20/h2-7,9-10H,8H2,1H3,(H,19,21). The second-order valence-electron chi connectivity index (χ2n) is 4.86. The number of anilines is 1. The Morgan fingerprint density at radius 1 is 1.21 bits per heavy atom. The van der Waals surface area contributed by atoms with Gasteiger partial charge in [0, 0.05) is 5.69 Å². The van der Waals surface area contributed by atoms with E-state index >= 15 is 0 Å². The third-order valence-corrected chi connectivity index (χ3v) is 4.34. The van der Waals surface area contributed by atoms with E-state index in [0.717, 1.165) is 16.9 Å². The number of rotatable bonds is 5. The zero-order chi connectivity index (χ0) is 16.9. The molecule has 24 heavy (non-hydrogen) atoms. The van der Waals surface area contributed by atoms with Crippen LogP contribution in [-0.2, 0) is 11.3 Å². The molecule has 3 aromatic rings. The lowest BCUT2D eigenvalue weighted by atomic mass is 10.1. The van der Waals surface area contributed by atoms with Crippen molar-refractivity contribution < 1.29 is 14.3 Å². The van der Waals surface area contributed by atoms with Gasteiger partial charge in [-0.3, -0.25) is 4.79 Å². The quantitative estimate of drug-likeness (QED) is 0.720. The minimum atomic E-state index is -0.453. The molecule has 1 aromatic carbocycles. The molecule has 0 fully saturated rings. The summed E-state index contributed by atoms with van der Waals surface area (Å²) < 4.78 is 6.32. The monoisotopic (exact) mass is 342 g/mol. The van der Waals surface area contributed by atoms with Gasteiger partial charge >= 0.3 is 5.97 Å². The molecule has 122 valence electrons. The van der Waals surface area contributed by atoms with E-state index in [1.54, 1.807) is 23.1 Å². The molecule has 3 rings (SSSR count). The van der Waals surface area contributed by atoms with Crippen LogP contribution >= 0.6 is 11.3 Å². The molecule has 8 heteroatoms. The van der Waals surface area contributed by atoms with Gasteiger partial charge in [-0.05, 0) is 23.8 Å². The lowest BCUT2D eigenvalue weighted by Crippen LogP contribution is -2.13. The highest BCUT2D eigenvalue weighted by molar-refractivity contribution is 7.16. The number of amides is 1. The van der Waals surface area contributed by atoms with Crippen LogP contribution in [0.2, 0.25) is 0 Å². The topological polar surface area (TPSA) is 86.1 Å². The first-order chi connectivity index (χ1) is 11.7. The zero-order valence-corrected chi connectivity index (χ0v) is 13.6. The third-order valence-electron chi connectivity index (χ3n) is 3.28. The summed E-state index contributed by atoms with van der Waals surface area (Å²) in [5.41, 5.74) is 1.59. The number of carbonyl (C=O) groups excluding carboxylic acids is 2. The fourth-order valence-corrected chi connectivity index (χ4v) is 2.94. The van der Waals surface area contributed by atoms with Gasteiger partial charge in [0.2, 0.25) is 0 Å². The van der Waals surface area contributed by atoms with Crippen molar-refractivity contribution in [2.45, 2.75) is 6.54 Å². The van der Waals surface area contributed by atoms with Crippen molar-refractivity contribution in [1.29, 1.82) is 0 Å². The predicted octanol–water partition coefficient (Wildman–Crippen LogP) is 2.43. The molecule has 0 saturated heterocycles. The van der Waals surface area contributed by atoms with Gasteiger partial charge in [-0.2, -0.15) is 5.10 Å². The van der Waals surface area contributed by atoms with E-state index in [0.29, 0.717) is 22.0 Å². The predicted molar refractivity (Wildman–Crippen MR) is 89.2 cm³/mol. The van der Waals surface area contributed by atoms with Crippen LogP contribution in [0.15, 0.2) is 49.1 Å². The molecular formula is C16H14N4O3S. The number of esters is 1. The summed E-state index contributed by atoms with van der Waals surface area (Å²) in [5, 5.41) is 6.93. The SMILES string of the molecule is COC(=O)c1ccc(C(=O)Nc2ccccc2Cn2cncn2)s1. The van der Waals surface area contributed by atoms with Crippen LogP contribution in [0, 0.1) is 0 Å². The molecule has 1 amide bonds. The Balaban J connectivity index is 1.77. The van der Waals surface area contributed by atoms with Crippen molar-refractivity contribution in [1.82, 2.24) is 14.8 Å². The molecule has 0 saturated carbocycles. The van der Waals surface area contributed by atoms with Gasteiger partial charge in [-0.15, -0.1) is 11.3 Å². The molecule has 0 aliphatic rings. The first-order valence-electron chi connectivity index (χ1n) is 7.07. The molecule has 0 aliphatic carbocycles. The number of para-hydroxylation sites is 1. The smallest absolute Gasteiger partial charge is 0.348 e. The first kappa shape index (κ1) is 15.9. The van der Waals surface area contributed by atoms with E-state index in [1.807, 2.05) is 24.3 Å². The van der Waals surface area contributed by atoms with E-state index in [9.17, 15) is 9.59 Å². The minimum Gasteiger partial charge on any atom is -0.465 e. The van der Waals surface area contributed by atoms with Gasteiger partial charge in [-0.25, -0.2) is 14.5 Å². The Kier molecular flexibility index (Phi) is 4.66. The van der Waals surface area contributed by atoms with Gasteiger partial charge in [0.05, 0.1) is 18.5 Å². The van der Waals surface area contributed by atoms with Crippen molar-refractivity contribution in [3.05, 3.63) is 64.4 Å². The Morgan fingerprint density at radius 2 is 2.00 bits per heavy atom. The molecule has 0 radical (unpaired) electrons. The van der Waals surface area contributed by atoms with Gasteiger partial charge in [0.1, 0.15) is 17.5 Å². The second kappa shape index (κ2) is 7.05. The van der Waals surface area contributed by atoms with Crippen molar-refractivity contribution in [3.63, 3.8) is 0 Å². The minimum absolute atomic E-state index is 0.277. The van der Waals surface area contributed by atoms with Crippen LogP contribution in [0.5, 0.6) is 0 Å². The first-order valence-corrected chi connectivity index (χ1v) is 7.89. The van der Waals surface area contributed by atoms with Gasteiger partial charge in [0.15, 0.2) is 0 Å². The van der Waals surface area contributed by atoms with Gasteiger partial charge in [-0.1, -0.05) is 18.2 Å². The molecule has 1 N–H and O–H groups in total. The van der Waals surface area contributed by atoms with E-state index < -0.39 is 5.97 Å². The largest absolute Gasteiger partial charge is 0.465 e. The Labute approximate surface area is 141 Å².